The lowest BCUT2D eigenvalue weighted by molar-refractivity contribution is -0.220. The van der Waals surface area contributed by atoms with E-state index in [2.05, 4.69) is 19.8 Å². The smallest absolute Gasteiger partial charge is 0.353 e. The number of nitrogens with zero attached hydrogens (tertiary/aromatic N) is 1. The van der Waals surface area contributed by atoms with Gasteiger partial charge in [0.25, 0.3) is 5.91 Å². The SMILES string of the molecule is COP(=O)(O)CO[C@@]1(Nc2cc[nH]c(=O)n2)OC[C@@H](O)[C@H]1O. The fraction of sp³-hybridized carbons (Fsp3) is 0.600. The van der Waals surface area contributed by atoms with Crippen molar-refractivity contribution in [2.24, 2.45) is 0 Å². The molecule has 1 aliphatic heterocycles. The summed E-state index contributed by atoms with van der Waals surface area (Å²) in [6.07, 6.45) is -2.42. The Labute approximate surface area is 124 Å². The monoisotopic (exact) mass is 337 g/mol. The van der Waals surface area contributed by atoms with Gasteiger partial charge in [-0.05, 0) is 6.07 Å². The highest BCUT2D eigenvalue weighted by atomic mass is 31.2. The highest BCUT2D eigenvalue weighted by molar-refractivity contribution is 7.52. The average Bonchev–Trinajstić information content (AvgIpc) is 2.75. The van der Waals surface area contributed by atoms with Gasteiger partial charge >= 0.3 is 13.3 Å². The Balaban J connectivity index is 2.23. The van der Waals surface area contributed by atoms with Crippen LogP contribution in [0.5, 0.6) is 0 Å². The highest BCUT2D eigenvalue weighted by Crippen LogP contribution is 2.43. The number of nitrogens with one attached hydrogen (secondary N) is 2. The van der Waals surface area contributed by atoms with E-state index in [9.17, 15) is 24.5 Å². The third-order valence-electron chi connectivity index (χ3n) is 2.92. The first-order valence-electron chi connectivity index (χ1n) is 6.13. The number of hydrogen-bond acceptors (Lipinski definition) is 9. The number of ether oxygens (including phenoxy) is 2. The van der Waals surface area contributed by atoms with Gasteiger partial charge < -0.3 is 39.4 Å². The standard InChI is InChI=1S/C10H16N3O8P/c1-19-22(17,18)5-21-10(8(15)6(14)4-20-10)13-7-2-3-11-9(16)12-7/h2-3,6,8,14-15H,4-5H2,1H3,(H,17,18)(H2,11,12,13,16)/t6-,8-,10+/m1/s1. The van der Waals surface area contributed by atoms with E-state index in [0.29, 0.717) is 0 Å². The van der Waals surface area contributed by atoms with Gasteiger partial charge in [-0.25, -0.2) is 4.79 Å². The molecule has 0 amide bonds. The third-order valence-corrected chi connectivity index (χ3v) is 3.95. The van der Waals surface area contributed by atoms with Crippen molar-refractivity contribution in [1.29, 1.82) is 0 Å². The van der Waals surface area contributed by atoms with Crippen LogP contribution in [0.1, 0.15) is 0 Å². The molecule has 2 heterocycles. The Morgan fingerprint density at radius 3 is 2.91 bits per heavy atom. The molecule has 0 aliphatic carbocycles. The van der Waals surface area contributed by atoms with Gasteiger partial charge in [-0.15, -0.1) is 0 Å². The largest absolute Gasteiger partial charge is 0.388 e. The van der Waals surface area contributed by atoms with Crippen LogP contribution in [0.4, 0.5) is 5.82 Å². The van der Waals surface area contributed by atoms with E-state index < -0.39 is 37.8 Å². The van der Waals surface area contributed by atoms with Crippen molar-refractivity contribution < 1.29 is 33.7 Å². The summed E-state index contributed by atoms with van der Waals surface area (Å²) in [5.41, 5.74) is -0.669. The molecule has 0 spiro atoms. The summed E-state index contributed by atoms with van der Waals surface area (Å²) in [5.74, 6) is -2.07. The van der Waals surface area contributed by atoms with Crippen LogP contribution in [0, 0.1) is 0 Å². The van der Waals surface area contributed by atoms with Crippen LogP contribution >= 0.6 is 7.60 Å². The van der Waals surface area contributed by atoms with Gasteiger partial charge in [-0.2, -0.15) is 4.98 Å². The Hall–Kier alpha value is -1.33. The fourth-order valence-electron chi connectivity index (χ4n) is 1.76. The number of rotatable bonds is 6. The second kappa shape index (κ2) is 6.42. The maximum atomic E-state index is 11.5. The summed E-state index contributed by atoms with van der Waals surface area (Å²) in [6.45, 7) is -0.292. The van der Waals surface area contributed by atoms with Crippen molar-refractivity contribution in [1.82, 2.24) is 9.97 Å². The molecule has 1 aromatic rings. The van der Waals surface area contributed by atoms with E-state index in [0.717, 1.165) is 7.11 Å². The van der Waals surface area contributed by atoms with Gasteiger partial charge in [0, 0.05) is 13.3 Å². The first-order valence-corrected chi connectivity index (χ1v) is 7.90. The molecular weight excluding hydrogens is 321 g/mol. The van der Waals surface area contributed by atoms with Gasteiger partial charge in [0.05, 0.1) is 6.61 Å². The molecule has 1 aliphatic rings. The average molecular weight is 337 g/mol. The molecule has 0 saturated carbocycles. The zero-order valence-corrected chi connectivity index (χ0v) is 12.4. The fourth-order valence-corrected chi connectivity index (χ4v) is 2.22. The van der Waals surface area contributed by atoms with Crippen LogP contribution in [0.25, 0.3) is 0 Å². The van der Waals surface area contributed by atoms with E-state index in [1.54, 1.807) is 0 Å². The molecule has 0 aromatic carbocycles. The van der Waals surface area contributed by atoms with E-state index in [4.69, 9.17) is 9.47 Å². The lowest BCUT2D eigenvalue weighted by atomic mass is 10.2. The Bertz CT molecular complexity index is 624. The van der Waals surface area contributed by atoms with Crippen LogP contribution in [-0.2, 0) is 18.6 Å². The Morgan fingerprint density at radius 2 is 2.36 bits per heavy atom. The second-order valence-corrected chi connectivity index (χ2v) is 6.39. The predicted octanol–water partition coefficient (Wildman–Crippen LogP) is -1.61. The Morgan fingerprint density at radius 1 is 1.64 bits per heavy atom. The van der Waals surface area contributed by atoms with Crippen LogP contribution in [-0.4, -0.2) is 63.3 Å². The molecule has 1 aromatic heterocycles. The van der Waals surface area contributed by atoms with Crippen molar-refractivity contribution >= 4 is 13.4 Å². The zero-order chi connectivity index (χ0) is 16.4. The maximum absolute atomic E-state index is 11.5. The number of aliphatic hydroxyl groups is 2. The summed E-state index contributed by atoms with van der Waals surface area (Å²) in [5, 5.41) is 22.1. The van der Waals surface area contributed by atoms with E-state index in [1.165, 1.54) is 12.3 Å². The second-order valence-electron chi connectivity index (χ2n) is 4.49. The van der Waals surface area contributed by atoms with E-state index in [-0.39, 0.29) is 12.4 Å². The molecule has 11 nitrogen and oxygen atoms in total. The number of aromatic amines is 1. The van der Waals surface area contributed by atoms with Crippen LogP contribution in [0.15, 0.2) is 17.1 Å². The van der Waals surface area contributed by atoms with Crippen molar-refractivity contribution in [2.75, 3.05) is 25.4 Å². The molecule has 2 rings (SSSR count). The van der Waals surface area contributed by atoms with Crippen LogP contribution < -0.4 is 11.0 Å². The molecule has 1 saturated heterocycles. The number of hydrogen-bond donors (Lipinski definition) is 5. The third kappa shape index (κ3) is 3.70. The molecule has 0 radical (unpaired) electrons. The van der Waals surface area contributed by atoms with Gasteiger partial charge in [0.15, 0.2) is 12.5 Å². The minimum atomic E-state index is -4.05. The molecule has 12 heteroatoms. The molecule has 1 unspecified atom stereocenters. The number of H-pyrrole nitrogens is 1. The van der Waals surface area contributed by atoms with Crippen molar-refractivity contribution in [2.45, 2.75) is 18.1 Å². The summed E-state index contributed by atoms with van der Waals surface area (Å²) >= 11 is 0. The van der Waals surface area contributed by atoms with Crippen molar-refractivity contribution in [3.8, 4) is 0 Å². The van der Waals surface area contributed by atoms with Crippen LogP contribution in [0.2, 0.25) is 0 Å². The van der Waals surface area contributed by atoms with Gasteiger partial charge in [-0.1, -0.05) is 0 Å². The molecule has 0 bridgehead atoms. The minimum absolute atomic E-state index is 0.0258. The van der Waals surface area contributed by atoms with E-state index >= 15 is 0 Å². The molecule has 5 N–H and O–H groups in total. The summed E-state index contributed by atoms with van der Waals surface area (Å²) in [6, 6.07) is 1.35. The normalized spacial score (nSPS) is 30.9. The molecule has 1 fully saturated rings. The molecular formula is C10H16N3O8P. The molecule has 22 heavy (non-hydrogen) atoms. The van der Waals surface area contributed by atoms with Gasteiger partial charge in [0.1, 0.15) is 11.9 Å². The number of anilines is 1. The maximum Gasteiger partial charge on any atom is 0.353 e. The first-order chi connectivity index (χ1) is 10.3. The zero-order valence-electron chi connectivity index (χ0n) is 11.5. The summed E-state index contributed by atoms with van der Waals surface area (Å²) in [7, 11) is -3.04. The van der Waals surface area contributed by atoms with Crippen LogP contribution in [0.3, 0.4) is 0 Å². The van der Waals surface area contributed by atoms with Gasteiger partial charge in [-0.3, -0.25) is 4.57 Å². The van der Waals surface area contributed by atoms with E-state index in [1.807, 2.05) is 0 Å². The first kappa shape index (κ1) is 17.0. The minimum Gasteiger partial charge on any atom is -0.388 e. The Kier molecular flexibility index (Phi) is 4.97. The number of aromatic nitrogens is 2. The topological polar surface area (TPSA) is 163 Å². The summed E-state index contributed by atoms with van der Waals surface area (Å²) < 4.78 is 26.2. The molecule has 124 valence electrons. The quantitative estimate of drug-likeness (QED) is 0.301. The predicted molar refractivity (Wildman–Crippen MR) is 72.0 cm³/mol. The summed E-state index contributed by atoms with van der Waals surface area (Å²) in [4.78, 5) is 26.4. The number of aliphatic hydroxyl groups excluding tert-OH is 2. The van der Waals surface area contributed by atoms with Crippen molar-refractivity contribution in [3.05, 3.63) is 22.7 Å². The molecule has 4 atom stereocenters. The lowest BCUT2D eigenvalue weighted by Gasteiger charge is -2.32. The lowest BCUT2D eigenvalue weighted by Crippen LogP contribution is -2.52. The van der Waals surface area contributed by atoms with Gasteiger partial charge in [0.2, 0.25) is 0 Å². The van der Waals surface area contributed by atoms with Crippen molar-refractivity contribution in [3.63, 3.8) is 0 Å². The highest BCUT2D eigenvalue weighted by Gasteiger charge is 2.52.